The predicted octanol–water partition coefficient (Wildman–Crippen LogP) is 1.25. The molecule has 1 atom stereocenters. The van der Waals surface area contributed by atoms with Crippen LogP contribution in [0.1, 0.15) is 19.8 Å². The minimum Gasteiger partial charge on any atom is -0.481 e. The molecule has 0 aliphatic rings. The average molecular weight is 145 g/mol. The van der Waals surface area contributed by atoms with Crippen LogP contribution in [0.3, 0.4) is 0 Å². The smallest absolute Gasteiger partial charge is 0.308 e. The topological polar surface area (TPSA) is 66.7 Å². The van der Waals surface area contributed by atoms with Gasteiger partial charge in [0.2, 0.25) is 0 Å². The molecule has 0 amide bonds. The molecule has 0 aromatic carbocycles. The second kappa shape index (κ2) is 4.90. The maximum atomic E-state index is 10.3. The van der Waals surface area contributed by atoms with Gasteiger partial charge in [-0.2, -0.15) is 4.91 Å². The van der Waals surface area contributed by atoms with E-state index < -0.39 is 11.9 Å². The molecule has 0 aromatic heterocycles. The number of hydrogen-bond donors (Lipinski definition) is 1. The van der Waals surface area contributed by atoms with Gasteiger partial charge in [-0.15, -0.1) is 0 Å². The van der Waals surface area contributed by atoms with Crippen molar-refractivity contribution in [2.24, 2.45) is 11.1 Å². The second-order valence-electron chi connectivity index (χ2n) is 2.14. The molecule has 0 aliphatic heterocycles. The number of carboxylic acids is 1. The molecule has 0 rings (SSSR count). The van der Waals surface area contributed by atoms with Crippen LogP contribution in [-0.4, -0.2) is 17.6 Å². The number of aliphatic carboxylic acids is 1. The van der Waals surface area contributed by atoms with Crippen molar-refractivity contribution in [2.75, 3.05) is 6.54 Å². The number of nitroso groups, excluding NO2 is 1. The van der Waals surface area contributed by atoms with E-state index in [2.05, 4.69) is 5.18 Å². The van der Waals surface area contributed by atoms with Gasteiger partial charge in [-0.3, -0.25) is 4.79 Å². The lowest BCUT2D eigenvalue weighted by Gasteiger charge is -2.03. The third kappa shape index (κ3) is 3.17. The monoisotopic (exact) mass is 145 g/mol. The van der Waals surface area contributed by atoms with Crippen molar-refractivity contribution < 1.29 is 9.90 Å². The van der Waals surface area contributed by atoms with Crippen LogP contribution in [-0.2, 0) is 4.79 Å². The highest BCUT2D eigenvalue weighted by Crippen LogP contribution is 2.06. The van der Waals surface area contributed by atoms with Gasteiger partial charge < -0.3 is 5.11 Å². The van der Waals surface area contributed by atoms with E-state index in [0.717, 1.165) is 6.42 Å². The lowest BCUT2D eigenvalue weighted by Crippen LogP contribution is -2.16. The van der Waals surface area contributed by atoms with Crippen LogP contribution < -0.4 is 0 Å². The summed E-state index contributed by atoms with van der Waals surface area (Å²) in [6, 6.07) is 0. The lowest BCUT2D eigenvalue weighted by molar-refractivity contribution is -0.141. The van der Waals surface area contributed by atoms with E-state index in [1.54, 1.807) is 0 Å². The predicted molar refractivity (Wildman–Crippen MR) is 36.7 cm³/mol. The fourth-order valence-electron chi connectivity index (χ4n) is 0.731. The molecule has 0 fully saturated rings. The first-order valence-corrected chi connectivity index (χ1v) is 3.24. The average Bonchev–Trinajstić information content (AvgIpc) is 1.87. The number of carboxylic acid groups (broad SMARTS) is 1. The van der Waals surface area contributed by atoms with Crippen LogP contribution in [0.15, 0.2) is 5.18 Å². The zero-order valence-electron chi connectivity index (χ0n) is 5.91. The molecule has 1 N–H and O–H groups in total. The maximum absolute atomic E-state index is 10.3. The van der Waals surface area contributed by atoms with Crippen LogP contribution in [0.25, 0.3) is 0 Å². The normalized spacial score (nSPS) is 12.5. The van der Waals surface area contributed by atoms with Gasteiger partial charge in [-0.1, -0.05) is 18.5 Å². The Morgan fingerprint density at radius 3 is 2.60 bits per heavy atom. The van der Waals surface area contributed by atoms with Gasteiger partial charge in [-0.05, 0) is 6.42 Å². The summed E-state index contributed by atoms with van der Waals surface area (Å²) in [6.07, 6.45) is 1.30. The molecule has 0 saturated heterocycles. The van der Waals surface area contributed by atoms with E-state index in [-0.39, 0.29) is 6.54 Å². The van der Waals surface area contributed by atoms with Gasteiger partial charge in [0.25, 0.3) is 0 Å². The summed E-state index contributed by atoms with van der Waals surface area (Å²) < 4.78 is 0. The van der Waals surface area contributed by atoms with E-state index in [9.17, 15) is 9.70 Å². The molecule has 0 aromatic rings. The highest BCUT2D eigenvalue weighted by molar-refractivity contribution is 5.70. The summed E-state index contributed by atoms with van der Waals surface area (Å²) in [4.78, 5) is 20.0. The second-order valence-corrected chi connectivity index (χ2v) is 2.14. The largest absolute Gasteiger partial charge is 0.481 e. The minimum absolute atomic E-state index is 0.108. The fourth-order valence-corrected chi connectivity index (χ4v) is 0.731. The Hall–Kier alpha value is -0.930. The SMILES string of the molecule is CCCC(CN=O)C(=O)O. The van der Waals surface area contributed by atoms with Crippen molar-refractivity contribution in [3.05, 3.63) is 4.91 Å². The van der Waals surface area contributed by atoms with Gasteiger partial charge in [0.05, 0.1) is 12.5 Å². The van der Waals surface area contributed by atoms with Crippen LogP contribution in [0.2, 0.25) is 0 Å². The van der Waals surface area contributed by atoms with E-state index in [4.69, 9.17) is 5.11 Å². The molecule has 0 bridgehead atoms. The van der Waals surface area contributed by atoms with Gasteiger partial charge in [-0.25, -0.2) is 0 Å². The Balaban J connectivity index is 3.71. The molecule has 58 valence electrons. The Kier molecular flexibility index (Phi) is 4.45. The van der Waals surface area contributed by atoms with Gasteiger partial charge in [0.15, 0.2) is 0 Å². The third-order valence-electron chi connectivity index (χ3n) is 1.28. The van der Waals surface area contributed by atoms with Gasteiger partial charge in [0.1, 0.15) is 0 Å². The fraction of sp³-hybridized carbons (Fsp3) is 0.833. The lowest BCUT2D eigenvalue weighted by atomic mass is 10.1. The third-order valence-corrected chi connectivity index (χ3v) is 1.28. The molecule has 10 heavy (non-hydrogen) atoms. The van der Waals surface area contributed by atoms with Crippen molar-refractivity contribution in [2.45, 2.75) is 19.8 Å². The van der Waals surface area contributed by atoms with Crippen molar-refractivity contribution in [1.29, 1.82) is 0 Å². The molecular weight excluding hydrogens is 134 g/mol. The highest BCUT2D eigenvalue weighted by Gasteiger charge is 2.15. The highest BCUT2D eigenvalue weighted by atomic mass is 16.4. The first-order valence-electron chi connectivity index (χ1n) is 3.24. The summed E-state index contributed by atoms with van der Waals surface area (Å²) in [6.45, 7) is 1.77. The Labute approximate surface area is 59.2 Å². The van der Waals surface area contributed by atoms with Crippen LogP contribution >= 0.6 is 0 Å². The molecule has 0 aliphatic carbocycles. The number of carbonyl (C=O) groups is 1. The van der Waals surface area contributed by atoms with E-state index in [0.29, 0.717) is 6.42 Å². The van der Waals surface area contributed by atoms with E-state index in [1.165, 1.54) is 0 Å². The molecule has 1 unspecified atom stereocenters. The molecule has 4 heteroatoms. The van der Waals surface area contributed by atoms with Crippen molar-refractivity contribution in [3.63, 3.8) is 0 Å². The molecule has 0 spiro atoms. The zero-order valence-corrected chi connectivity index (χ0v) is 5.91. The van der Waals surface area contributed by atoms with Crippen molar-refractivity contribution in [1.82, 2.24) is 0 Å². The number of hydrogen-bond acceptors (Lipinski definition) is 3. The van der Waals surface area contributed by atoms with Crippen molar-refractivity contribution >= 4 is 5.97 Å². The van der Waals surface area contributed by atoms with Crippen LogP contribution in [0.4, 0.5) is 0 Å². The standard InChI is InChI=1S/C6H11NO3/c1-2-3-5(4-7-10)6(8)9/h5H,2-4H2,1H3,(H,8,9). The summed E-state index contributed by atoms with van der Waals surface area (Å²) in [5, 5.41) is 11.0. The molecule has 4 nitrogen and oxygen atoms in total. The summed E-state index contributed by atoms with van der Waals surface area (Å²) >= 11 is 0. The molecular formula is C6H11NO3. The first-order chi connectivity index (χ1) is 4.72. The molecule has 0 radical (unpaired) electrons. The van der Waals surface area contributed by atoms with Gasteiger partial charge in [0, 0.05) is 0 Å². The summed E-state index contributed by atoms with van der Waals surface area (Å²) in [5.41, 5.74) is 0. The quantitative estimate of drug-likeness (QED) is 0.592. The van der Waals surface area contributed by atoms with E-state index >= 15 is 0 Å². The zero-order chi connectivity index (χ0) is 7.98. The van der Waals surface area contributed by atoms with Gasteiger partial charge >= 0.3 is 5.97 Å². The minimum atomic E-state index is -0.929. The first kappa shape index (κ1) is 9.07. The Bertz CT molecular complexity index is 124. The number of rotatable bonds is 5. The number of nitrogens with zero attached hydrogens (tertiary/aromatic N) is 1. The maximum Gasteiger partial charge on any atom is 0.308 e. The van der Waals surface area contributed by atoms with E-state index in [1.807, 2.05) is 6.92 Å². The molecule has 0 heterocycles. The Morgan fingerprint density at radius 1 is 1.70 bits per heavy atom. The Morgan fingerprint density at radius 2 is 2.30 bits per heavy atom. The molecule has 0 saturated carbocycles. The van der Waals surface area contributed by atoms with Crippen molar-refractivity contribution in [3.8, 4) is 0 Å². The van der Waals surface area contributed by atoms with Crippen LogP contribution in [0, 0.1) is 10.8 Å². The summed E-state index contributed by atoms with van der Waals surface area (Å²) in [5.74, 6) is -1.51. The van der Waals surface area contributed by atoms with Crippen LogP contribution in [0.5, 0.6) is 0 Å². The summed E-state index contributed by atoms with van der Waals surface area (Å²) in [7, 11) is 0.